The number of carbonyl (C=O) groups is 2. The van der Waals surface area contributed by atoms with Crippen molar-refractivity contribution in [3.8, 4) is 0 Å². The molecule has 0 bridgehead atoms. The molecule has 1 aromatic rings. The van der Waals surface area contributed by atoms with Crippen LogP contribution in [-0.4, -0.2) is 65.8 Å². The van der Waals surface area contributed by atoms with Gasteiger partial charge >= 0.3 is 5.88 Å². The van der Waals surface area contributed by atoms with Crippen molar-refractivity contribution in [2.24, 2.45) is 0 Å². The van der Waals surface area contributed by atoms with E-state index in [1.165, 1.54) is 0 Å². The van der Waals surface area contributed by atoms with Gasteiger partial charge in [0.15, 0.2) is 0 Å². The van der Waals surface area contributed by atoms with Crippen LogP contribution in [0.15, 0.2) is 10.7 Å². The van der Waals surface area contributed by atoms with E-state index in [1.807, 2.05) is 6.92 Å². The molecule has 0 saturated carbocycles. The zero-order valence-electron chi connectivity index (χ0n) is 15.0. The van der Waals surface area contributed by atoms with Gasteiger partial charge in [-0.25, -0.2) is 0 Å². The molecule has 0 radical (unpaired) electrons. The third-order valence-corrected chi connectivity index (χ3v) is 4.73. The quantitative estimate of drug-likeness (QED) is 0.671. The van der Waals surface area contributed by atoms with Crippen LogP contribution in [0.2, 0.25) is 0 Å². The molecule has 0 spiro atoms. The summed E-state index contributed by atoms with van der Waals surface area (Å²) in [6.45, 7) is 10.5. The third kappa shape index (κ3) is 6.20. The van der Waals surface area contributed by atoms with Crippen LogP contribution < -0.4 is 20.4 Å². The molecule has 0 aliphatic carbocycles. The van der Waals surface area contributed by atoms with Crippen molar-refractivity contribution in [1.82, 2.24) is 15.5 Å². The second-order valence-corrected chi connectivity index (χ2v) is 7.10. The van der Waals surface area contributed by atoms with Crippen LogP contribution in [0, 0.1) is 0 Å². The van der Waals surface area contributed by atoms with Gasteiger partial charge in [-0.1, -0.05) is 11.8 Å². The maximum Gasteiger partial charge on any atom is 0.305 e. The van der Waals surface area contributed by atoms with E-state index < -0.39 is 0 Å². The number of carbonyl (C=O) groups excluding carboxylic acids is 2. The molecule has 1 aliphatic rings. The molecule has 0 aromatic carbocycles. The van der Waals surface area contributed by atoms with Crippen LogP contribution in [0.4, 0.5) is 10.7 Å². The standard InChI is InChI=1S/C15H26N6O3S/c1-4-16-15(23)25-10-5-13(22)17-14-11-21(18-24-14)20-8-6-19(7-9-20)12(2)3/h11-12H,4-10H2,1-3H3,(H-,16,17,18,22,23)/p+1. The number of rotatable bonds is 7. The Morgan fingerprint density at radius 1 is 1.36 bits per heavy atom. The van der Waals surface area contributed by atoms with E-state index in [-0.39, 0.29) is 17.6 Å². The van der Waals surface area contributed by atoms with E-state index in [9.17, 15) is 9.59 Å². The summed E-state index contributed by atoms with van der Waals surface area (Å²) in [5, 5.41) is 11.2. The molecular formula is C15H27N6O3S+. The van der Waals surface area contributed by atoms with Crippen molar-refractivity contribution in [2.75, 3.05) is 48.8 Å². The van der Waals surface area contributed by atoms with Gasteiger partial charge in [-0.15, -0.1) is 0 Å². The van der Waals surface area contributed by atoms with E-state index in [1.54, 1.807) is 11.0 Å². The molecule has 140 valence electrons. The Labute approximate surface area is 152 Å². The highest BCUT2D eigenvalue weighted by atomic mass is 32.2. The van der Waals surface area contributed by atoms with E-state index in [4.69, 9.17) is 4.52 Å². The van der Waals surface area contributed by atoms with Gasteiger partial charge in [0.25, 0.3) is 11.4 Å². The number of nitrogens with one attached hydrogen (secondary N) is 2. The Hall–Kier alpha value is -1.81. The number of hydrogen-bond donors (Lipinski definition) is 2. The zero-order valence-corrected chi connectivity index (χ0v) is 15.8. The first-order chi connectivity index (χ1) is 12.0. The number of aromatic nitrogens is 2. The first kappa shape index (κ1) is 19.5. The first-order valence-corrected chi connectivity index (χ1v) is 9.56. The van der Waals surface area contributed by atoms with Crippen molar-refractivity contribution in [2.45, 2.75) is 33.2 Å². The normalized spacial score (nSPS) is 15.4. The lowest BCUT2D eigenvalue weighted by Crippen LogP contribution is -2.65. The lowest BCUT2D eigenvalue weighted by Gasteiger charge is -2.32. The van der Waals surface area contributed by atoms with Crippen LogP contribution >= 0.6 is 11.8 Å². The molecule has 9 nitrogen and oxygen atoms in total. The van der Waals surface area contributed by atoms with Gasteiger partial charge in [-0.3, -0.25) is 24.3 Å². The summed E-state index contributed by atoms with van der Waals surface area (Å²) < 4.78 is 5.17. The van der Waals surface area contributed by atoms with E-state index in [2.05, 4.69) is 39.7 Å². The minimum Gasteiger partial charge on any atom is -0.347 e. The molecule has 1 aliphatic heterocycles. The SMILES string of the molecule is CCNC(=O)SCCC(=O)Nc1c[n+](N2CCN(C(C)C)CC2)no1. The van der Waals surface area contributed by atoms with Gasteiger partial charge in [0, 0.05) is 37.8 Å². The molecule has 2 rings (SSSR count). The van der Waals surface area contributed by atoms with E-state index in [0.29, 0.717) is 24.2 Å². The minimum atomic E-state index is -0.204. The fourth-order valence-corrected chi connectivity index (χ4v) is 3.21. The summed E-state index contributed by atoms with van der Waals surface area (Å²) in [5.41, 5.74) is 0. The van der Waals surface area contributed by atoms with Gasteiger partial charge in [0.1, 0.15) is 0 Å². The lowest BCUT2D eigenvalue weighted by atomic mass is 10.2. The monoisotopic (exact) mass is 371 g/mol. The number of thioether (sulfide) groups is 1. The third-order valence-electron chi connectivity index (χ3n) is 3.91. The van der Waals surface area contributed by atoms with E-state index >= 15 is 0 Å². The van der Waals surface area contributed by atoms with Crippen molar-refractivity contribution in [1.29, 1.82) is 0 Å². The molecule has 0 atom stereocenters. The Bertz CT molecular complexity index is 571. The fourth-order valence-electron chi connectivity index (χ4n) is 2.49. The predicted octanol–water partition coefficient (Wildman–Crippen LogP) is 0.415. The Balaban J connectivity index is 1.74. The predicted molar refractivity (Wildman–Crippen MR) is 96.1 cm³/mol. The smallest absolute Gasteiger partial charge is 0.305 e. The summed E-state index contributed by atoms with van der Waals surface area (Å²) in [5.74, 6) is 0.521. The van der Waals surface area contributed by atoms with Gasteiger partial charge in [-0.05, 0) is 20.8 Å². The average molecular weight is 371 g/mol. The summed E-state index contributed by atoms with van der Waals surface area (Å²) in [6, 6.07) is 0.539. The molecule has 2 N–H and O–H groups in total. The molecule has 25 heavy (non-hydrogen) atoms. The summed E-state index contributed by atoms with van der Waals surface area (Å²) in [6.07, 6.45) is 1.90. The van der Waals surface area contributed by atoms with Crippen LogP contribution in [0.1, 0.15) is 27.2 Å². The number of nitrogens with zero attached hydrogens (tertiary/aromatic N) is 4. The molecule has 1 saturated heterocycles. The summed E-state index contributed by atoms with van der Waals surface area (Å²) in [7, 11) is 0. The second kappa shape index (κ2) is 9.62. The zero-order chi connectivity index (χ0) is 18.2. The van der Waals surface area contributed by atoms with Crippen LogP contribution in [0.5, 0.6) is 0 Å². The number of amides is 2. The van der Waals surface area contributed by atoms with Crippen molar-refractivity contribution in [3.63, 3.8) is 0 Å². The number of anilines is 1. The summed E-state index contributed by atoms with van der Waals surface area (Å²) in [4.78, 5) is 27.2. The Morgan fingerprint density at radius 2 is 2.08 bits per heavy atom. The van der Waals surface area contributed by atoms with Gasteiger partial charge < -0.3 is 5.32 Å². The average Bonchev–Trinajstić information content (AvgIpc) is 3.03. The van der Waals surface area contributed by atoms with Gasteiger partial charge in [-0.2, -0.15) is 5.01 Å². The number of piperazine rings is 1. The van der Waals surface area contributed by atoms with Gasteiger partial charge in [0.05, 0.1) is 17.9 Å². The Kier molecular flexibility index (Phi) is 7.51. The number of hydrogen-bond acceptors (Lipinski definition) is 7. The highest BCUT2D eigenvalue weighted by molar-refractivity contribution is 8.13. The fraction of sp³-hybridized carbons (Fsp3) is 0.733. The van der Waals surface area contributed by atoms with Crippen LogP contribution in [0.3, 0.4) is 0 Å². The van der Waals surface area contributed by atoms with Crippen molar-refractivity contribution >= 4 is 28.8 Å². The second-order valence-electron chi connectivity index (χ2n) is 6.03. The highest BCUT2D eigenvalue weighted by Crippen LogP contribution is 2.07. The van der Waals surface area contributed by atoms with Crippen LogP contribution in [-0.2, 0) is 4.79 Å². The Morgan fingerprint density at radius 3 is 2.72 bits per heavy atom. The first-order valence-electron chi connectivity index (χ1n) is 8.58. The minimum absolute atomic E-state index is 0.117. The summed E-state index contributed by atoms with van der Waals surface area (Å²) >= 11 is 1.10. The molecule has 2 heterocycles. The maximum absolute atomic E-state index is 11.9. The molecule has 0 unspecified atom stereocenters. The maximum atomic E-state index is 11.9. The largest absolute Gasteiger partial charge is 0.347 e. The highest BCUT2D eigenvalue weighted by Gasteiger charge is 2.27. The van der Waals surface area contributed by atoms with Crippen molar-refractivity contribution in [3.05, 3.63) is 6.20 Å². The topological polar surface area (TPSA) is 94.6 Å². The van der Waals surface area contributed by atoms with Crippen molar-refractivity contribution < 1.29 is 18.9 Å². The molecule has 1 fully saturated rings. The molecular weight excluding hydrogens is 344 g/mol. The molecule has 10 heteroatoms. The van der Waals surface area contributed by atoms with Gasteiger partial charge in [0.2, 0.25) is 11.2 Å². The van der Waals surface area contributed by atoms with E-state index in [0.717, 1.165) is 37.9 Å². The lowest BCUT2D eigenvalue weighted by molar-refractivity contribution is -0.759. The van der Waals surface area contributed by atoms with Crippen LogP contribution in [0.25, 0.3) is 0 Å². The molecule has 2 amide bonds. The molecule has 1 aromatic heterocycles.